The number of carbonyl (C=O) groups is 2. The summed E-state index contributed by atoms with van der Waals surface area (Å²) in [7, 11) is 0. The zero-order chi connectivity index (χ0) is 21.0. The lowest BCUT2D eigenvalue weighted by Gasteiger charge is -2.34. The van der Waals surface area contributed by atoms with E-state index in [1.165, 1.54) is 0 Å². The maximum Gasteiger partial charge on any atom is 0.309 e. The highest BCUT2D eigenvalue weighted by Gasteiger charge is 2.48. The van der Waals surface area contributed by atoms with Crippen LogP contribution >= 0.6 is 15.9 Å². The molecular formula is C21H20BrNO6. The van der Waals surface area contributed by atoms with Gasteiger partial charge in [0, 0.05) is 26.9 Å². The highest BCUT2D eigenvalue weighted by Crippen LogP contribution is 2.41. The third-order valence-electron chi connectivity index (χ3n) is 4.86. The number of hydrogen-bond donors (Lipinski definition) is 0. The van der Waals surface area contributed by atoms with E-state index in [2.05, 4.69) is 15.9 Å². The van der Waals surface area contributed by atoms with Gasteiger partial charge in [0.15, 0.2) is 11.9 Å². The van der Waals surface area contributed by atoms with E-state index in [4.69, 9.17) is 9.47 Å². The van der Waals surface area contributed by atoms with Crippen LogP contribution in [0.4, 0.5) is 0 Å². The molecule has 3 rings (SSSR count). The first kappa shape index (κ1) is 21.0. The molecule has 0 saturated carbocycles. The summed E-state index contributed by atoms with van der Waals surface area (Å²) in [6, 6.07) is 12.6. The molecule has 1 aliphatic rings. The standard InChI is InChI=1S/C21H20BrNO6/c1-2-28-20(25)12-19-21(23(26)27)16(15-8-3-4-9-18(15)29-19)11-17(24)13-6-5-7-14(22)10-13/h3-10,16,19,21H,2,11-12H2,1H3/t16-,19+,21+/m1/s1. The topological polar surface area (TPSA) is 95.7 Å². The van der Waals surface area contributed by atoms with E-state index in [-0.39, 0.29) is 25.2 Å². The van der Waals surface area contributed by atoms with Crippen LogP contribution in [0.1, 0.15) is 41.6 Å². The van der Waals surface area contributed by atoms with Crippen LogP contribution in [0.2, 0.25) is 0 Å². The van der Waals surface area contributed by atoms with Gasteiger partial charge < -0.3 is 9.47 Å². The minimum atomic E-state index is -1.24. The van der Waals surface area contributed by atoms with Gasteiger partial charge in [0.05, 0.1) is 18.9 Å². The monoisotopic (exact) mass is 461 g/mol. The Hall–Kier alpha value is -2.74. The molecule has 0 radical (unpaired) electrons. The van der Waals surface area contributed by atoms with Crippen LogP contribution in [-0.2, 0) is 9.53 Å². The van der Waals surface area contributed by atoms with Crippen LogP contribution in [0, 0.1) is 10.1 Å². The molecule has 0 N–H and O–H groups in total. The maximum atomic E-state index is 12.9. The molecule has 29 heavy (non-hydrogen) atoms. The van der Waals surface area contributed by atoms with E-state index in [0.717, 1.165) is 4.47 Å². The van der Waals surface area contributed by atoms with Crippen molar-refractivity contribution in [3.05, 3.63) is 74.2 Å². The largest absolute Gasteiger partial charge is 0.482 e. The lowest BCUT2D eigenvalue weighted by atomic mass is 9.80. The number of esters is 1. The Balaban J connectivity index is 1.95. The fourth-order valence-electron chi connectivity index (χ4n) is 3.61. The van der Waals surface area contributed by atoms with Gasteiger partial charge in [0.1, 0.15) is 5.75 Å². The quantitative estimate of drug-likeness (QED) is 0.265. The number of fused-ring (bicyclic) bond motifs is 1. The Kier molecular flexibility index (Phi) is 6.64. The van der Waals surface area contributed by atoms with E-state index >= 15 is 0 Å². The first-order valence-corrected chi connectivity index (χ1v) is 10.0. The van der Waals surface area contributed by atoms with Gasteiger partial charge in [-0.2, -0.15) is 0 Å². The van der Waals surface area contributed by atoms with E-state index in [0.29, 0.717) is 16.9 Å². The molecule has 2 aromatic carbocycles. The fourth-order valence-corrected chi connectivity index (χ4v) is 4.01. The van der Waals surface area contributed by atoms with Gasteiger partial charge in [-0.1, -0.05) is 46.3 Å². The van der Waals surface area contributed by atoms with Gasteiger partial charge in [0.25, 0.3) is 6.04 Å². The van der Waals surface area contributed by atoms with Gasteiger partial charge in [-0.3, -0.25) is 19.7 Å². The number of ketones is 1. The number of Topliss-reactive ketones (excluding diaryl/α,β-unsaturated/α-hetero) is 1. The van der Waals surface area contributed by atoms with Crippen molar-refractivity contribution in [3.8, 4) is 5.75 Å². The molecule has 7 nitrogen and oxygen atoms in total. The van der Waals surface area contributed by atoms with E-state index < -0.39 is 29.0 Å². The smallest absolute Gasteiger partial charge is 0.309 e. The summed E-state index contributed by atoms with van der Waals surface area (Å²) in [5.41, 5.74) is 1.06. The Morgan fingerprint density at radius 1 is 1.17 bits per heavy atom. The Bertz CT molecular complexity index is 931. The highest BCUT2D eigenvalue weighted by atomic mass is 79.9. The van der Waals surface area contributed by atoms with E-state index in [1.54, 1.807) is 55.5 Å². The van der Waals surface area contributed by atoms with E-state index in [9.17, 15) is 19.7 Å². The van der Waals surface area contributed by atoms with Gasteiger partial charge in [-0.05, 0) is 25.1 Å². The van der Waals surface area contributed by atoms with E-state index in [1.807, 2.05) is 0 Å². The third-order valence-corrected chi connectivity index (χ3v) is 5.35. The highest BCUT2D eigenvalue weighted by molar-refractivity contribution is 9.10. The van der Waals surface area contributed by atoms with Gasteiger partial charge in [0.2, 0.25) is 0 Å². The number of hydrogen-bond acceptors (Lipinski definition) is 6. The van der Waals surface area contributed by atoms with Gasteiger partial charge in [-0.15, -0.1) is 0 Å². The molecule has 0 unspecified atom stereocenters. The molecule has 2 aromatic rings. The number of nitrogens with zero attached hydrogens (tertiary/aromatic N) is 1. The van der Waals surface area contributed by atoms with Gasteiger partial charge in [-0.25, -0.2) is 0 Å². The van der Waals surface area contributed by atoms with Crippen LogP contribution in [0.15, 0.2) is 53.0 Å². The lowest BCUT2D eigenvalue weighted by Crippen LogP contribution is -2.47. The van der Waals surface area contributed by atoms with Crippen molar-refractivity contribution in [2.45, 2.75) is 37.8 Å². The molecular weight excluding hydrogens is 442 g/mol. The van der Waals surface area contributed by atoms with Crippen molar-refractivity contribution in [2.24, 2.45) is 0 Å². The average molecular weight is 462 g/mol. The Labute approximate surface area is 176 Å². The Morgan fingerprint density at radius 2 is 1.93 bits per heavy atom. The second-order valence-electron chi connectivity index (χ2n) is 6.72. The number of rotatable bonds is 7. The molecule has 0 fully saturated rings. The van der Waals surface area contributed by atoms with Crippen molar-refractivity contribution in [3.63, 3.8) is 0 Å². The minimum absolute atomic E-state index is 0.0677. The van der Waals surface area contributed by atoms with Crippen molar-refractivity contribution >= 4 is 27.7 Å². The molecule has 152 valence electrons. The number of carbonyl (C=O) groups excluding carboxylic acids is 2. The lowest BCUT2D eigenvalue weighted by molar-refractivity contribution is -0.538. The molecule has 3 atom stereocenters. The molecule has 1 heterocycles. The summed E-state index contributed by atoms with van der Waals surface area (Å²) in [5.74, 6) is -1.05. The second-order valence-corrected chi connectivity index (χ2v) is 7.64. The van der Waals surface area contributed by atoms with Crippen LogP contribution in [-0.4, -0.2) is 35.4 Å². The molecule has 8 heteroatoms. The van der Waals surface area contributed by atoms with Crippen molar-refractivity contribution < 1.29 is 24.0 Å². The molecule has 0 spiro atoms. The minimum Gasteiger partial charge on any atom is -0.482 e. The SMILES string of the molecule is CCOC(=O)C[C@@H]1Oc2ccccc2[C@@H](CC(=O)c2cccc(Br)c2)[C@@H]1[N+](=O)[O-]. The van der Waals surface area contributed by atoms with Crippen LogP contribution < -0.4 is 4.74 Å². The molecule has 0 aliphatic carbocycles. The summed E-state index contributed by atoms with van der Waals surface area (Å²) in [5, 5.41) is 12.0. The molecule has 0 amide bonds. The predicted octanol–water partition coefficient (Wildman–Crippen LogP) is 4.17. The van der Waals surface area contributed by atoms with Crippen molar-refractivity contribution in [2.75, 3.05) is 6.61 Å². The number of ether oxygens (including phenoxy) is 2. The third kappa shape index (κ3) is 4.82. The number of benzene rings is 2. The zero-order valence-electron chi connectivity index (χ0n) is 15.7. The molecule has 0 saturated heterocycles. The summed E-state index contributed by atoms with van der Waals surface area (Å²) in [6.07, 6.45) is -1.34. The van der Waals surface area contributed by atoms with Gasteiger partial charge >= 0.3 is 5.97 Å². The van der Waals surface area contributed by atoms with Crippen molar-refractivity contribution in [1.82, 2.24) is 0 Å². The first-order valence-electron chi connectivity index (χ1n) is 9.24. The normalized spacial score (nSPS) is 20.3. The summed E-state index contributed by atoms with van der Waals surface area (Å²) >= 11 is 3.34. The number of para-hydroxylation sites is 1. The molecule has 0 bridgehead atoms. The van der Waals surface area contributed by atoms with Crippen LogP contribution in [0.3, 0.4) is 0 Å². The van der Waals surface area contributed by atoms with Crippen LogP contribution in [0.5, 0.6) is 5.75 Å². The van der Waals surface area contributed by atoms with Crippen molar-refractivity contribution in [1.29, 1.82) is 0 Å². The summed E-state index contributed by atoms with van der Waals surface area (Å²) in [4.78, 5) is 36.4. The second kappa shape index (κ2) is 9.17. The zero-order valence-corrected chi connectivity index (χ0v) is 17.3. The predicted molar refractivity (Wildman–Crippen MR) is 109 cm³/mol. The molecule has 0 aromatic heterocycles. The first-order chi connectivity index (χ1) is 13.9. The fraction of sp³-hybridized carbons (Fsp3) is 0.333. The summed E-state index contributed by atoms with van der Waals surface area (Å²) in [6.45, 7) is 1.84. The van der Waals surface area contributed by atoms with Crippen LogP contribution in [0.25, 0.3) is 0 Å². The Morgan fingerprint density at radius 3 is 2.62 bits per heavy atom. The molecule has 1 aliphatic heterocycles. The maximum absolute atomic E-state index is 12.9. The number of nitro groups is 1. The number of halogens is 1. The summed E-state index contributed by atoms with van der Waals surface area (Å²) < 4.78 is 11.5. The average Bonchev–Trinajstić information content (AvgIpc) is 2.67.